The fourth-order valence-electron chi connectivity index (χ4n) is 3.02. The molecule has 3 unspecified atom stereocenters. The Hall–Kier alpha value is -2.11. The summed E-state index contributed by atoms with van der Waals surface area (Å²) in [6, 6.07) is 9.19. The second-order valence-electron chi connectivity index (χ2n) is 5.91. The Balaban J connectivity index is 1.68. The molecule has 1 fully saturated rings. The normalized spacial score (nSPS) is 28.4. The summed E-state index contributed by atoms with van der Waals surface area (Å²) in [5.41, 5.74) is 1.13. The minimum Gasteiger partial charge on any atom is -0.239 e. The number of aromatic nitrogens is 3. The number of fused-ring (bicyclic) bond motifs is 1. The Morgan fingerprint density at radius 1 is 1.27 bits per heavy atom. The number of hydrogen-bond acceptors (Lipinski definition) is 2. The van der Waals surface area contributed by atoms with E-state index in [-0.39, 0.29) is 36.1 Å². The molecular weight excluding hydrogens is 291 g/mol. The minimum absolute atomic E-state index is 0.139. The summed E-state index contributed by atoms with van der Waals surface area (Å²) in [5.74, 6) is -3.29. The molecule has 0 amide bonds. The van der Waals surface area contributed by atoms with Crippen LogP contribution in [-0.4, -0.2) is 20.7 Å². The topological polar surface area (TPSA) is 30.7 Å². The van der Waals surface area contributed by atoms with Crippen molar-refractivity contribution < 1.29 is 13.2 Å². The Morgan fingerprint density at radius 3 is 2.59 bits per heavy atom. The van der Waals surface area contributed by atoms with Crippen LogP contribution in [0.25, 0.3) is 5.57 Å². The van der Waals surface area contributed by atoms with Crippen LogP contribution in [0, 0.1) is 5.92 Å². The average molecular weight is 305 g/mol. The molecule has 114 valence electrons. The van der Waals surface area contributed by atoms with Crippen LogP contribution in [0.5, 0.6) is 0 Å². The van der Waals surface area contributed by atoms with E-state index in [9.17, 15) is 13.2 Å². The molecule has 1 saturated carbocycles. The predicted molar refractivity (Wildman–Crippen MR) is 75.2 cm³/mol. The van der Waals surface area contributed by atoms with Crippen molar-refractivity contribution in [2.75, 3.05) is 0 Å². The van der Waals surface area contributed by atoms with Gasteiger partial charge in [-0.2, -0.15) is 5.10 Å². The van der Waals surface area contributed by atoms with Gasteiger partial charge in [-0.1, -0.05) is 36.9 Å². The molecular formula is C16H14F3N3. The molecule has 3 atom stereocenters. The fourth-order valence-corrected chi connectivity index (χ4v) is 3.02. The van der Waals surface area contributed by atoms with E-state index in [2.05, 4.69) is 16.7 Å². The number of halogens is 3. The van der Waals surface area contributed by atoms with Crippen molar-refractivity contribution in [1.82, 2.24) is 14.8 Å². The molecule has 4 rings (SSSR count). The number of allylic oxidation sites excluding steroid dienone is 1. The van der Waals surface area contributed by atoms with Gasteiger partial charge in [0.15, 0.2) is 17.8 Å². The molecule has 0 spiro atoms. The molecule has 2 heterocycles. The Morgan fingerprint density at radius 2 is 1.95 bits per heavy atom. The number of nitrogens with zero attached hydrogens (tertiary/aromatic N) is 3. The predicted octanol–water partition coefficient (Wildman–Crippen LogP) is 3.95. The van der Waals surface area contributed by atoms with E-state index >= 15 is 0 Å². The van der Waals surface area contributed by atoms with Gasteiger partial charge in [-0.15, -0.1) is 0 Å². The second kappa shape index (κ2) is 4.44. The number of alkyl halides is 3. The van der Waals surface area contributed by atoms with Gasteiger partial charge in [0.05, 0.1) is 12.0 Å². The highest BCUT2D eigenvalue weighted by Crippen LogP contribution is 2.55. The van der Waals surface area contributed by atoms with Gasteiger partial charge in [0.25, 0.3) is 5.92 Å². The van der Waals surface area contributed by atoms with Crippen molar-refractivity contribution in [3.63, 3.8) is 0 Å². The molecule has 0 N–H and O–H groups in total. The smallest absolute Gasteiger partial charge is 0.239 e. The Bertz CT molecular complexity index is 738. The lowest BCUT2D eigenvalue weighted by molar-refractivity contribution is 0.109. The lowest BCUT2D eigenvalue weighted by Gasteiger charge is -2.11. The maximum Gasteiger partial charge on any atom is 0.256 e. The third kappa shape index (κ3) is 1.97. The summed E-state index contributed by atoms with van der Waals surface area (Å²) in [5, 5.41) is 4.26. The number of hydrogen-bond donors (Lipinski definition) is 0. The van der Waals surface area contributed by atoms with E-state index in [0.29, 0.717) is 0 Å². The highest BCUT2D eigenvalue weighted by atomic mass is 19.3. The summed E-state index contributed by atoms with van der Waals surface area (Å²) in [6.45, 7) is 3.68. The summed E-state index contributed by atoms with van der Waals surface area (Å²) < 4.78 is 42.0. The van der Waals surface area contributed by atoms with Crippen LogP contribution in [0.2, 0.25) is 0 Å². The molecule has 3 nitrogen and oxygen atoms in total. The molecule has 22 heavy (non-hydrogen) atoms. The van der Waals surface area contributed by atoms with Crippen LogP contribution in [0.1, 0.15) is 42.3 Å². The zero-order valence-electron chi connectivity index (χ0n) is 11.7. The van der Waals surface area contributed by atoms with Crippen LogP contribution in [0.4, 0.5) is 13.2 Å². The quantitative estimate of drug-likeness (QED) is 0.859. The van der Waals surface area contributed by atoms with Crippen LogP contribution in [0.15, 0.2) is 36.9 Å². The van der Waals surface area contributed by atoms with Crippen molar-refractivity contribution in [2.24, 2.45) is 5.92 Å². The van der Waals surface area contributed by atoms with Gasteiger partial charge in [-0.05, 0) is 5.56 Å². The Labute approximate surface area is 125 Å². The van der Waals surface area contributed by atoms with Crippen molar-refractivity contribution >= 4 is 5.57 Å². The highest BCUT2D eigenvalue weighted by Gasteiger charge is 2.59. The van der Waals surface area contributed by atoms with E-state index < -0.39 is 18.0 Å². The monoisotopic (exact) mass is 305 g/mol. The number of rotatable bonds is 3. The third-order valence-electron chi connectivity index (χ3n) is 4.38. The molecule has 1 aromatic heterocycles. The van der Waals surface area contributed by atoms with E-state index in [0.717, 1.165) is 5.56 Å². The van der Waals surface area contributed by atoms with E-state index in [1.807, 2.05) is 30.3 Å². The van der Waals surface area contributed by atoms with Gasteiger partial charge in [0.2, 0.25) is 0 Å². The average Bonchev–Trinajstić information content (AvgIpc) is 2.87. The minimum atomic E-state index is -2.72. The van der Waals surface area contributed by atoms with Gasteiger partial charge >= 0.3 is 0 Å². The van der Waals surface area contributed by atoms with E-state index in [1.165, 1.54) is 4.68 Å². The molecule has 2 aliphatic rings. The molecule has 2 aromatic rings. The molecule has 1 aliphatic carbocycles. The zero-order valence-corrected chi connectivity index (χ0v) is 11.7. The Kier molecular flexibility index (Phi) is 2.74. The molecule has 1 aromatic carbocycles. The summed E-state index contributed by atoms with van der Waals surface area (Å²) >= 11 is 0. The maximum atomic E-state index is 14.2. The summed E-state index contributed by atoms with van der Waals surface area (Å²) in [4.78, 5) is 4.12. The first-order valence-corrected chi connectivity index (χ1v) is 7.20. The number of benzene rings is 1. The van der Waals surface area contributed by atoms with E-state index in [1.54, 1.807) is 0 Å². The zero-order chi connectivity index (χ0) is 15.5. The van der Waals surface area contributed by atoms with Gasteiger partial charge in [0.1, 0.15) is 0 Å². The van der Waals surface area contributed by atoms with Gasteiger partial charge in [0, 0.05) is 18.4 Å². The first kappa shape index (κ1) is 13.5. The van der Waals surface area contributed by atoms with Crippen molar-refractivity contribution in [3.8, 4) is 0 Å². The first-order chi connectivity index (χ1) is 10.5. The van der Waals surface area contributed by atoms with Crippen LogP contribution < -0.4 is 0 Å². The van der Waals surface area contributed by atoms with E-state index in [4.69, 9.17) is 0 Å². The molecule has 0 saturated heterocycles. The molecule has 0 radical (unpaired) electrons. The lowest BCUT2D eigenvalue weighted by atomic mass is 10.0. The largest absolute Gasteiger partial charge is 0.256 e. The standard InChI is InChI=1S/C16H14F3N3/c1-9(11-8-16(11,18)19)14-20-15-12(17)7-13(22(15)21-14)10-5-3-2-4-6-10/h2-6,11-13H,1,7-8H2. The molecule has 1 aliphatic heterocycles. The third-order valence-corrected chi connectivity index (χ3v) is 4.38. The maximum absolute atomic E-state index is 14.2. The fraction of sp³-hybridized carbons (Fsp3) is 0.375. The van der Waals surface area contributed by atoms with Crippen LogP contribution in [0.3, 0.4) is 0 Å². The summed E-state index contributed by atoms with van der Waals surface area (Å²) in [7, 11) is 0. The van der Waals surface area contributed by atoms with Crippen molar-refractivity contribution in [1.29, 1.82) is 0 Å². The SMILES string of the molecule is C=C(c1nc2n(n1)C(c1ccccc1)CC2F)C1CC1(F)F. The highest BCUT2D eigenvalue weighted by molar-refractivity contribution is 5.63. The molecule has 6 heteroatoms. The first-order valence-electron chi connectivity index (χ1n) is 7.20. The van der Waals surface area contributed by atoms with Gasteiger partial charge < -0.3 is 0 Å². The lowest BCUT2D eigenvalue weighted by Crippen LogP contribution is -2.08. The molecule has 0 bridgehead atoms. The van der Waals surface area contributed by atoms with Crippen LogP contribution in [-0.2, 0) is 0 Å². The summed E-state index contributed by atoms with van der Waals surface area (Å²) in [6.07, 6.45) is -1.19. The van der Waals surface area contributed by atoms with Crippen molar-refractivity contribution in [3.05, 3.63) is 54.1 Å². The van der Waals surface area contributed by atoms with Gasteiger partial charge in [-0.25, -0.2) is 22.8 Å². The second-order valence-corrected chi connectivity index (χ2v) is 5.91. The van der Waals surface area contributed by atoms with Crippen LogP contribution >= 0.6 is 0 Å². The van der Waals surface area contributed by atoms with Crippen molar-refractivity contribution in [2.45, 2.75) is 31.0 Å². The van der Waals surface area contributed by atoms with Gasteiger partial charge in [-0.3, -0.25) is 0 Å².